The molecule has 0 aromatic carbocycles. The molecule has 1 N–H and O–H groups in total. The zero-order valence-electron chi connectivity index (χ0n) is 7.81. The second-order valence-corrected chi connectivity index (χ2v) is 2.86. The van der Waals surface area contributed by atoms with Crippen molar-refractivity contribution in [2.45, 2.75) is 33.6 Å². The molecule has 0 fully saturated rings. The van der Waals surface area contributed by atoms with Gasteiger partial charge in [0, 0.05) is 18.2 Å². The molecule has 0 rings (SSSR count). The SMILES string of the molecule is CCCOCC(CC)C(C)=N. The Labute approximate surface area is 69.5 Å². The molecule has 11 heavy (non-hydrogen) atoms. The number of rotatable bonds is 6. The molecule has 0 aliphatic rings. The lowest BCUT2D eigenvalue weighted by atomic mass is 10.0. The van der Waals surface area contributed by atoms with Crippen molar-refractivity contribution in [1.82, 2.24) is 0 Å². The second-order valence-electron chi connectivity index (χ2n) is 2.86. The summed E-state index contributed by atoms with van der Waals surface area (Å²) in [4.78, 5) is 0. The van der Waals surface area contributed by atoms with Crippen LogP contribution >= 0.6 is 0 Å². The molecule has 0 aliphatic heterocycles. The predicted molar refractivity (Wildman–Crippen MR) is 48.3 cm³/mol. The van der Waals surface area contributed by atoms with Crippen molar-refractivity contribution in [1.29, 1.82) is 5.41 Å². The van der Waals surface area contributed by atoms with Gasteiger partial charge in [0.15, 0.2) is 0 Å². The van der Waals surface area contributed by atoms with Gasteiger partial charge in [-0.3, -0.25) is 0 Å². The van der Waals surface area contributed by atoms with E-state index in [2.05, 4.69) is 13.8 Å². The first-order valence-corrected chi connectivity index (χ1v) is 4.35. The molecule has 0 radical (unpaired) electrons. The van der Waals surface area contributed by atoms with E-state index < -0.39 is 0 Å². The summed E-state index contributed by atoms with van der Waals surface area (Å²) < 4.78 is 5.36. The highest BCUT2D eigenvalue weighted by molar-refractivity contribution is 5.81. The zero-order chi connectivity index (χ0) is 8.69. The van der Waals surface area contributed by atoms with Crippen LogP contribution in [0.25, 0.3) is 0 Å². The highest BCUT2D eigenvalue weighted by Crippen LogP contribution is 2.04. The largest absolute Gasteiger partial charge is 0.381 e. The van der Waals surface area contributed by atoms with E-state index in [0.29, 0.717) is 5.92 Å². The van der Waals surface area contributed by atoms with Crippen LogP contribution < -0.4 is 0 Å². The molecule has 0 aromatic heterocycles. The monoisotopic (exact) mass is 157 g/mol. The third-order valence-corrected chi connectivity index (χ3v) is 1.77. The quantitative estimate of drug-likeness (QED) is 0.466. The fraction of sp³-hybridized carbons (Fsp3) is 0.889. The Morgan fingerprint density at radius 1 is 1.45 bits per heavy atom. The van der Waals surface area contributed by atoms with E-state index in [4.69, 9.17) is 10.1 Å². The smallest absolute Gasteiger partial charge is 0.0546 e. The maximum Gasteiger partial charge on any atom is 0.0546 e. The van der Waals surface area contributed by atoms with E-state index in [1.807, 2.05) is 6.92 Å². The molecule has 0 aliphatic carbocycles. The molecule has 1 unspecified atom stereocenters. The molecular formula is C9H19NO. The maximum absolute atomic E-state index is 7.41. The van der Waals surface area contributed by atoms with Crippen LogP contribution in [0.15, 0.2) is 0 Å². The summed E-state index contributed by atoms with van der Waals surface area (Å²) in [5, 5.41) is 7.41. The van der Waals surface area contributed by atoms with E-state index in [9.17, 15) is 0 Å². The Morgan fingerprint density at radius 2 is 2.09 bits per heavy atom. The summed E-state index contributed by atoms with van der Waals surface area (Å²) in [6.07, 6.45) is 2.08. The van der Waals surface area contributed by atoms with Gasteiger partial charge >= 0.3 is 0 Å². The molecule has 0 saturated heterocycles. The minimum atomic E-state index is 0.335. The van der Waals surface area contributed by atoms with Crippen molar-refractivity contribution in [3.8, 4) is 0 Å². The van der Waals surface area contributed by atoms with Crippen LogP contribution in [0.1, 0.15) is 33.6 Å². The second kappa shape index (κ2) is 6.35. The first-order valence-electron chi connectivity index (χ1n) is 4.35. The van der Waals surface area contributed by atoms with Gasteiger partial charge in [-0.2, -0.15) is 0 Å². The summed E-state index contributed by atoms with van der Waals surface area (Å²) in [5.74, 6) is 0.335. The van der Waals surface area contributed by atoms with Crippen molar-refractivity contribution in [3.05, 3.63) is 0 Å². The first kappa shape index (κ1) is 10.6. The van der Waals surface area contributed by atoms with Gasteiger partial charge in [-0.1, -0.05) is 13.8 Å². The minimum Gasteiger partial charge on any atom is -0.381 e. The van der Waals surface area contributed by atoms with Crippen molar-refractivity contribution in [2.24, 2.45) is 5.92 Å². The molecule has 1 atom stereocenters. The highest BCUT2D eigenvalue weighted by Gasteiger charge is 2.07. The maximum atomic E-state index is 7.41. The summed E-state index contributed by atoms with van der Waals surface area (Å²) in [6.45, 7) is 7.59. The van der Waals surface area contributed by atoms with Crippen LogP contribution in [-0.2, 0) is 4.74 Å². The van der Waals surface area contributed by atoms with Gasteiger partial charge in [0.05, 0.1) is 6.61 Å². The summed E-state index contributed by atoms with van der Waals surface area (Å²) in [5.41, 5.74) is 0.739. The molecule has 2 nitrogen and oxygen atoms in total. The van der Waals surface area contributed by atoms with E-state index in [-0.39, 0.29) is 0 Å². The summed E-state index contributed by atoms with van der Waals surface area (Å²) >= 11 is 0. The Kier molecular flexibility index (Phi) is 6.13. The molecule has 0 bridgehead atoms. The van der Waals surface area contributed by atoms with Gasteiger partial charge in [-0.15, -0.1) is 0 Å². The van der Waals surface area contributed by atoms with E-state index in [1.165, 1.54) is 0 Å². The molecule has 0 spiro atoms. The Hall–Kier alpha value is -0.370. The average Bonchev–Trinajstić information content (AvgIpc) is 1.97. The van der Waals surface area contributed by atoms with Gasteiger partial charge in [-0.05, 0) is 19.8 Å². The van der Waals surface area contributed by atoms with Gasteiger partial charge < -0.3 is 10.1 Å². The van der Waals surface area contributed by atoms with Crippen molar-refractivity contribution >= 4 is 5.71 Å². The molecule has 0 aromatic rings. The molecule has 66 valence electrons. The van der Waals surface area contributed by atoms with E-state index in [0.717, 1.165) is 31.8 Å². The minimum absolute atomic E-state index is 0.335. The lowest BCUT2D eigenvalue weighted by molar-refractivity contribution is 0.116. The third kappa shape index (κ3) is 4.96. The van der Waals surface area contributed by atoms with Gasteiger partial charge in [0.2, 0.25) is 0 Å². The molecule has 0 amide bonds. The van der Waals surface area contributed by atoms with Crippen LogP contribution in [0.2, 0.25) is 0 Å². The fourth-order valence-electron chi connectivity index (χ4n) is 0.919. The van der Waals surface area contributed by atoms with Crippen molar-refractivity contribution in [3.63, 3.8) is 0 Å². The van der Waals surface area contributed by atoms with E-state index in [1.54, 1.807) is 0 Å². The number of hydrogen-bond donors (Lipinski definition) is 1. The third-order valence-electron chi connectivity index (χ3n) is 1.77. The van der Waals surface area contributed by atoms with Crippen LogP contribution in [0.3, 0.4) is 0 Å². The molecule has 0 heterocycles. The molecule has 2 heteroatoms. The Balaban J connectivity index is 3.44. The highest BCUT2D eigenvalue weighted by atomic mass is 16.5. The lowest BCUT2D eigenvalue weighted by Crippen LogP contribution is -2.16. The number of nitrogens with one attached hydrogen (secondary N) is 1. The van der Waals surface area contributed by atoms with Crippen LogP contribution in [0.4, 0.5) is 0 Å². The van der Waals surface area contributed by atoms with Crippen molar-refractivity contribution in [2.75, 3.05) is 13.2 Å². The fourth-order valence-corrected chi connectivity index (χ4v) is 0.919. The molecular weight excluding hydrogens is 138 g/mol. The zero-order valence-corrected chi connectivity index (χ0v) is 7.81. The topological polar surface area (TPSA) is 33.1 Å². The number of hydrogen-bond acceptors (Lipinski definition) is 2. The average molecular weight is 157 g/mol. The Bertz CT molecular complexity index is 112. The lowest BCUT2D eigenvalue weighted by Gasteiger charge is -2.12. The number of ether oxygens (including phenoxy) is 1. The first-order chi connectivity index (χ1) is 5.22. The predicted octanol–water partition coefficient (Wildman–Crippen LogP) is 2.48. The van der Waals surface area contributed by atoms with Gasteiger partial charge in [-0.25, -0.2) is 0 Å². The van der Waals surface area contributed by atoms with Crippen LogP contribution in [0.5, 0.6) is 0 Å². The standard InChI is InChI=1S/C9H19NO/c1-4-6-11-7-9(5-2)8(3)10/h9-10H,4-7H2,1-3H3. The van der Waals surface area contributed by atoms with Gasteiger partial charge in [0.25, 0.3) is 0 Å². The molecule has 0 saturated carbocycles. The normalized spacial score (nSPS) is 13.0. The van der Waals surface area contributed by atoms with Crippen molar-refractivity contribution < 1.29 is 4.74 Å². The van der Waals surface area contributed by atoms with Crippen LogP contribution in [-0.4, -0.2) is 18.9 Å². The summed E-state index contributed by atoms with van der Waals surface area (Å²) in [6, 6.07) is 0. The summed E-state index contributed by atoms with van der Waals surface area (Å²) in [7, 11) is 0. The Morgan fingerprint density at radius 3 is 2.45 bits per heavy atom. The van der Waals surface area contributed by atoms with Crippen LogP contribution in [0, 0.1) is 11.3 Å². The van der Waals surface area contributed by atoms with Gasteiger partial charge in [0.1, 0.15) is 0 Å². The van der Waals surface area contributed by atoms with E-state index >= 15 is 0 Å².